The van der Waals surface area contributed by atoms with E-state index in [1.54, 1.807) is 29.2 Å². The molecule has 0 saturated carbocycles. The minimum atomic E-state index is -0.597. The molecule has 2 aromatic carbocycles. The van der Waals surface area contributed by atoms with Gasteiger partial charge in [0.2, 0.25) is 5.69 Å². The third kappa shape index (κ3) is 2.72. The van der Waals surface area contributed by atoms with Gasteiger partial charge in [0.1, 0.15) is 5.75 Å². The summed E-state index contributed by atoms with van der Waals surface area (Å²) in [5.74, 6) is 0.154. The van der Waals surface area contributed by atoms with Crippen LogP contribution in [0.1, 0.15) is 10.5 Å². The van der Waals surface area contributed by atoms with Crippen LogP contribution in [0.5, 0.6) is 11.5 Å². The summed E-state index contributed by atoms with van der Waals surface area (Å²) in [5.41, 5.74) is 1.70. The van der Waals surface area contributed by atoms with Crippen LogP contribution in [0.15, 0.2) is 60.9 Å². The van der Waals surface area contributed by atoms with E-state index in [1.165, 1.54) is 7.11 Å². The monoisotopic (exact) mass is 334 g/mol. The van der Waals surface area contributed by atoms with Gasteiger partial charge in [0.15, 0.2) is 5.75 Å². The molecule has 0 atom stereocenters. The number of H-pyrrole nitrogens is 1. The Morgan fingerprint density at radius 1 is 1.08 bits per heavy atom. The van der Waals surface area contributed by atoms with Gasteiger partial charge >= 0.3 is 5.97 Å². The maximum atomic E-state index is 12.6. The van der Waals surface area contributed by atoms with Crippen molar-refractivity contribution in [3.05, 3.63) is 66.6 Å². The quantitative estimate of drug-likeness (QED) is 0.458. The molecule has 2 aromatic heterocycles. The van der Waals surface area contributed by atoms with Gasteiger partial charge in [0.25, 0.3) is 0 Å². The summed E-state index contributed by atoms with van der Waals surface area (Å²) in [7, 11) is 1.49. The van der Waals surface area contributed by atoms with Crippen LogP contribution in [0.2, 0.25) is 0 Å². The summed E-state index contributed by atoms with van der Waals surface area (Å²) in [6.07, 6.45) is 3.25. The molecule has 4 aromatic rings. The Morgan fingerprint density at radius 2 is 1.92 bits per heavy atom. The molecule has 2 heterocycles. The number of para-hydroxylation sites is 1. The normalized spacial score (nSPS) is 10.8. The largest absolute Gasteiger partial charge is 0.493 e. The van der Waals surface area contributed by atoms with E-state index in [0.29, 0.717) is 11.5 Å². The lowest BCUT2D eigenvalue weighted by molar-refractivity contribution is 0.0727. The first-order valence-corrected chi connectivity index (χ1v) is 7.59. The zero-order valence-electron chi connectivity index (χ0n) is 13.3. The number of ether oxygens (including phenoxy) is 2. The van der Waals surface area contributed by atoms with Crippen molar-refractivity contribution in [2.45, 2.75) is 0 Å². The first-order valence-electron chi connectivity index (χ1n) is 7.59. The number of nitrogens with zero attached hydrogens (tertiary/aromatic N) is 3. The molecule has 7 nitrogen and oxygen atoms in total. The standard InChI is InChI=1S/C18H14N4O3/c1-24-16-11-22(12-6-3-2-4-7-12)21-17(16)18(23)25-15-9-5-8-14-13(15)10-19-20-14/h2-11H,1H3,(H,19,20). The van der Waals surface area contributed by atoms with Crippen LogP contribution < -0.4 is 9.47 Å². The molecule has 0 fully saturated rings. The van der Waals surface area contributed by atoms with Crippen LogP contribution in [-0.2, 0) is 0 Å². The number of esters is 1. The van der Waals surface area contributed by atoms with E-state index in [4.69, 9.17) is 9.47 Å². The van der Waals surface area contributed by atoms with Gasteiger partial charge < -0.3 is 9.47 Å². The predicted molar refractivity (Wildman–Crippen MR) is 91.2 cm³/mol. The van der Waals surface area contributed by atoms with Gasteiger partial charge in [-0.2, -0.15) is 10.2 Å². The Balaban J connectivity index is 1.68. The maximum Gasteiger partial charge on any atom is 0.368 e. The number of nitrogens with one attached hydrogen (secondary N) is 1. The van der Waals surface area contributed by atoms with Gasteiger partial charge in [-0.25, -0.2) is 9.48 Å². The number of aromatic amines is 1. The Morgan fingerprint density at radius 3 is 2.72 bits per heavy atom. The lowest BCUT2D eigenvalue weighted by Crippen LogP contribution is -2.11. The van der Waals surface area contributed by atoms with Gasteiger partial charge in [-0.3, -0.25) is 5.10 Å². The topological polar surface area (TPSA) is 82.0 Å². The Hall–Kier alpha value is -3.61. The van der Waals surface area contributed by atoms with Crippen molar-refractivity contribution in [1.29, 1.82) is 0 Å². The molecule has 0 radical (unpaired) electrons. The van der Waals surface area contributed by atoms with Crippen molar-refractivity contribution >= 4 is 16.9 Å². The van der Waals surface area contributed by atoms with Crippen LogP contribution >= 0.6 is 0 Å². The second-order valence-corrected chi connectivity index (χ2v) is 5.30. The van der Waals surface area contributed by atoms with Gasteiger partial charge in [0.05, 0.1) is 36.1 Å². The summed E-state index contributed by atoms with van der Waals surface area (Å²) in [6.45, 7) is 0. The summed E-state index contributed by atoms with van der Waals surface area (Å²) in [5, 5.41) is 11.8. The Kier molecular flexibility index (Phi) is 3.66. The average molecular weight is 334 g/mol. The number of fused-ring (bicyclic) bond motifs is 1. The molecule has 4 rings (SSSR count). The summed E-state index contributed by atoms with van der Waals surface area (Å²) in [6, 6.07) is 14.8. The van der Waals surface area contributed by atoms with Crippen molar-refractivity contribution < 1.29 is 14.3 Å². The van der Waals surface area contributed by atoms with Crippen molar-refractivity contribution in [2.24, 2.45) is 0 Å². The number of hydrogen-bond acceptors (Lipinski definition) is 5. The number of methoxy groups -OCH3 is 1. The molecule has 7 heteroatoms. The zero-order chi connectivity index (χ0) is 17.2. The van der Waals surface area contributed by atoms with Crippen LogP contribution in [0.25, 0.3) is 16.6 Å². The van der Waals surface area contributed by atoms with E-state index < -0.39 is 5.97 Å². The first kappa shape index (κ1) is 14.9. The van der Waals surface area contributed by atoms with Crippen molar-refractivity contribution in [2.75, 3.05) is 7.11 Å². The number of carbonyl (C=O) groups is 1. The predicted octanol–water partition coefficient (Wildman–Crippen LogP) is 2.98. The number of carbonyl (C=O) groups excluding carboxylic acids is 1. The fourth-order valence-corrected chi connectivity index (χ4v) is 2.54. The molecule has 0 spiro atoms. The molecule has 25 heavy (non-hydrogen) atoms. The smallest absolute Gasteiger partial charge is 0.368 e. The highest BCUT2D eigenvalue weighted by Gasteiger charge is 2.21. The molecule has 0 saturated heterocycles. The Bertz CT molecular complexity index is 1040. The van der Waals surface area contributed by atoms with E-state index in [1.807, 2.05) is 36.4 Å². The molecule has 1 N–H and O–H groups in total. The highest BCUT2D eigenvalue weighted by molar-refractivity contribution is 5.95. The minimum Gasteiger partial charge on any atom is -0.493 e. The highest BCUT2D eigenvalue weighted by atomic mass is 16.5. The number of rotatable bonds is 4. The molecule has 0 aliphatic heterocycles. The maximum absolute atomic E-state index is 12.6. The molecule has 124 valence electrons. The SMILES string of the molecule is COc1cn(-c2ccccc2)nc1C(=O)Oc1cccc2[nH]ncc12. The molecule has 0 aliphatic carbocycles. The average Bonchev–Trinajstić information content (AvgIpc) is 3.30. The minimum absolute atomic E-state index is 0.104. The fourth-order valence-electron chi connectivity index (χ4n) is 2.54. The van der Waals surface area contributed by atoms with Crippen molar-refractivity contribution in [3.63, 3.8) is 0 Å². The second kappa shape index (κ2) is 6.12. The van der Waals surface area contributed by atoms with E-state index in [2.05, 4.69) is 15.3 Å². The molecule has 0 amide bonds. The number of benzene rings is 2. The number of aromatic nitrogens is 4. The van der Waals surface area contributed by atoms with Crippen LogP contribution in [0, 0.1) is 0 Å². The Labute approximate surface area is 142 Å². The highest BCUT2D eigenvalue weighted by Crippen LogP contribution is 2.26. The summed E-state index contributed by atoms with van der Waals surface area (Å²) >= 11 is 0. The lowest BCUT2D eigenvalue weighted by Gasteiger charge is -2.04. The van der Waals surface area contributed by atoms with Crippen LogP contribution in [0.4, 0.5) is 0 Å². The van der Waals surface area contributed by atoms with E-state index in [0.717, 1.165) is 16.6 Å². The van der Waals surface area contributed by atoms with E-state index >= 15 is 0 Å². The third-order valence-electron chi connectivity index (χ3n) is 3.76. The second-order valence-electron chi connectivity index (χ2n) is 5.30. The van der Waals surface area contributed by atoms with E-state index in [-0.39, 0.29) is 5.69 Å². The zero-order valence-corrected chi connectivity index (χ0v) is 13.3. The lowest BCUT2D eigenvalue weighted by atomic mass is 10.2. The van der Waals surface area contributed by atoms with Crippen LogP contribution in [0.3, 0.4) is 0 Å². The molecular formula is C18H14N4O3. The summed E-state index contributed by atoms with van der Waals surface area (Å²) < 4.78 is 12.4. The van der Waals surface area contributed by atoms with Crippen molar-refractivity contribution in [3.8, 4) is 17.2 Å². The van der Waals surface area contributed by atoms with Crippen molar-refractivity contribution in [1.82, 2.24) is 20.0 Å². The van der Waals surface area contributed by atoms with Crippen LogP contribution in [-0.4, -0.2) is 33.1 Å². The van der Waals surface area contributed by atoms with Gasteiger partial charge in [-0.1, -0.05) is 24.3 Å². The number of hydrogen-bond donors (Lipinski definition) is 1. The van der Waals surface area contributed by atoms with Gasteiger partial charge in [-0.15, -0.1) is 0 Å². The fraction of sp³-hybridized carbons (Fsp3) is 0.0556. The van der Waals surface area contributed by atoms with Gasteiger partial charge in [-0.05, 0) is 24.3 Å². The van der Waals surface area contributed by atoms with Gasteiger partial charge in [0, 0.05) is 0 Å². The molecule has 0 unspecified atom stereocenters. The molecular weight excluding hydrogens is 320 g/mol. The third-order valence-corrected chi connectivity index (χ3v) is 3.76. The first-order chi connectivity index (χ1) is 12.3. The van der Waals surface area contributed by atoms with E-state index in [9.17, 15) is 4.79 Å². The molecule has 0 aliphatic rings. The summed E-state index contributed by atoms with van der Waals surface area (Å²) in [4.78, 5) is 12.6. The molecule has 0 bridgehead atoms.